The molecule has 2 unspecified atom stereocenters. The predicted octanol–water partition coefficient (Wildman–Crippen LogP) is 3.48. The van der Waals surface area contributed by atoms with Crippen LogP contribution >= 0.6 is 0 Å². The van der Waals surface area contributed by atoms with Crippen molar-refractivity contribution in [2.75, 3.05) is 13.1 Å². The molecule has 3 heteroatoms. The van der Waals surface area contributed by atoms with Crippen molar-refractivity contribution in [3.8, 4) is 0 Å². The second kappa shape index (κ2) is 8.11. The van der Waals surface area contributed by atoms with Crippen molar-refractivity contribution in [1.29, 1.82) is 0 Å². The number of carbonyl (C=O) groups is 1. The summed E-state index contributed by atoms with van der Waals surface area (Å²) in [6.45, 7) is 3.43. The van der Waals surface area contributed by atoms with Gasteiger partial charge in [0.25, 0.3) is 0 Å². The maximum Gasteiger partial charge on any atom is 0.223 e. The average molecular weight is 323 g/mol. The van der Waals surface area contributed by atoms with Crippen molar-refractivity contribution in [2.24, 2.45) is 0 Å². The van der Waals surface area contributed by atoms with Crippen molar-refractivity contribution in [3.63, 3.8) is 0 Å². The fraction of sp³-hybridized carbons (Fsp3) is 0.381. The van der Waals surface area contributed by atoms with E-state index in [9.17, 15) is 4.79 Å². The standard InChI is InChI=1S/C21H25NO2/c1-17-15-22(21(23)13-12-18-8-4-2-5-9-18)16-20(24-17)14-19-10-6-3-7-11-19/h2-11,17,20H,12-16H2,1H3. The van der Waals surface area contributed by atoms with Crippen molar-refractivity contribution in [2.45, 2.75) is 38.4 Å². The Bertz CT molecular complexity index is 641. The van der Waals surface area contributed by atoms with Crippen LogP contribution in [-0.2, 0) is 22.4 Å². The van der Waals surface area contributed by atoms with Crippen molar-refractivity contribution >= 4 is 5.91 Å². The van der Waals surface area contributed by atoms with Gasteiger partial charge in [-0.2, -0.15) is 0 Å². The fourth-order valence-electron chi connectivity index (χ4n) is 3.29. The second-order valence-electron chi connectivity index (χ2n) is 6.54. The molecule has 1 aliphatic rings. The molecule has 2 aromatic carbocycles. The van der Waals surface area contributed by atoms with Gasteiger partial charge in [-0.05, 0) is 24.5 Å². The van der Waals surface area contributed by atoms with E-state index in [1.165, 1.54) is 11.1 Å². The van der Waals surface area contributed by atoms with Gasteiger partial charge in [0.2, 0.25) is 5.91 Å². The first-order valence-electron chi connectivity index (χ1n) is 8.72. The largest absolute Gasteiger partial charge is 0.371 e. The normalized spacial score (nSPS) is 20.8. The number of benzene rings is 2. The Kier molecular flexibility index (Phi) is 5.65. The van der Waals surface area contributed by atoms with Crippen LogP contribution in [0.1, 0.15) is 24.5 Å². The van der Waals surface area contributed by atoms with Crippen LogP contribution in [0.4, 0.5) is 0 Å². The van der Waals surface area contributed by atoms with E-state index in [-0.39, 0.29) is 18.1 Å². The molecule has 2 aromatic rings. The first-order chi connectivity index (χ1) is 11.7. The molecule has 1 aliphatic heterocycles. The zero-order chi connectivity index (χ0) is 16.8. The third-order valence-corrected chi connectivity index (χ3v) is 4.46. The lowest BCUT2D eigenvalue weighted by atomic mass is 10.0. The highest BCUT2D eigenvalue weighted by atomic mass is 16.5. The van der Waals surface area contributed by atoms with E-state index in [4.69, 9.17) is 4.74 Å². The molecule has 126 valence electrons. The maximum atomic E-state index is 12.6. The minimum absolute atomic E-state index is 0.0804. The first kappa shape index (κ1) is 16.7. The van der Waals surface area contributed by atoms with E-state index in [0.717, 1.165) is 12.8 Å². The number of morpholine rings is 1. The first-order valence-corrected chi connectivity index (χ1v) is 8.72. The SMILES string of the molecule is CC1CN(C(=O)CCc2ccccc2)CC(Cc2ccccc2)O1. The molecule has 1 heterocycles. The molecule has 0 aliphatic carbocycles. The lowest BCUT2D eigenvalue weighted by molar-refractivity contribution is -0.144. The number of carbonyl (C=O) groups excluding carboxylic acids is 1. The maximum absolute atomic E-state index is 12.6. The van der Waals surface area contributed by atoms with E-state index in [2.05, 4.69) is 31.2 Å². The summed E-state index contributed by atoms with van der Waals surface area (Å²) in [7, 11) is 0. The molecule has 1 fully saturated rings. The molecular formula is C21H25NO2. The minimum Gasteiger partial charge on any atom is -0.371 e. The quantitative estimate of drug-likeness (QED) is 0.843. The lowest BCUT2D eigenvalue weighted by Gasteiger charge is -2.37. The Balaban J connectivity index is 1.55. The topological polar surface area (TPSA) is 29.5 Å². The Hall–Kier alpha value is -2.13. The van der Waals surface area contributed by atoms with E-state index in [1.807, 2.05) is 41.3 Å². The summed E-state index contributed by atoms with van der Waals surface area (Å²) in [4.78, 5) is 14.6. The van der Waals surface area contributed by atoms with Crippen LogP contribution < -0.4 is 0 Å². The van der Waals surface area contributed by atoms with E-state index in [0.29, 0.717) is 19.5 Å². The number of nitrogens with zero attached hydrogens (tertiary/aromatic N) is 1. The molecule has 1 saturated heterocycles. The number of amides is 1. The molecule has 0 radical (unpaired) electrons. The molecule has 3 nitrogen and oxygen atoms in total. The summed E-state index contributed by atoms with van der Waals surface area (Å²) in [5.74, 6) is 0.229. The van der Waals surface area contributed by atoms with Gasteiger partial charge < -0.3 is 9.64 Å². The number of rotatable bonds is 5. The number of ether oxygens (including phenoxy) is 1. The molecule has 2 atom stereocenters. The lowest BCUT2D eigenvalue weighted by Crippen LogP contribution is -2.49. The smallest absolute Gasteiger partial charge is 0.223 e. The van der Waals surface area contributed by atoms with Gasteiger partial charge >= 0.3 is 0 Å². The second-order valence-corrected chi connectivity index (χ2v) is 6.54. The molecule has 0 aromatic heterocycles. The summed E-state index contributed by atoms with van der Waals surface area (Å²) in [6, 6.07) is 20.5. The Morgan fingerprint density at radius 3 is 2.29 bits per heavy atom. The van der Waals surface area contributed by atoms with Crippen molar-refractivity contribution in [1.82, 2.24) is 4.90 Å². The van der Waals surface area contributed by atoms with E-state index >= 15 is 0 Å². The van der Waals surface area contributed by atoms with Gasteiger partial charge in [-0.25, -0.2) is 0 Å². The van der Waals surface area contributed by atoms with Crippen molar-refractivity contribution < 1.29 is 9.53 Å². The number of hydrogen-bond acceptors (Lipinski definition) is 2. The Morgan fingerprint density at radius 2 is 1.62 bits per heavy atom. The highest BCUT2D eigenvalue weighted by molar-refractivity contribution is 5.76. The summed E-state index contributed by atoms with van der Waals surface area (Å²) >= 11 is 0. The van der Waals surface area contributed by atoms with Gasteiger partial charge in [0.1, 0.15) is 0 Å². The predicted molar refractivity (Wildman–Crippen MR) is 95.8 cm³/mol. The van der Waals surface area contributed by atoms with Crippen LogP contribution in [0.3, 0.4) is 0 Å². The molecule has 3 rings (SSSR count). The van der Waals surface area contributed by atoms with Crippen LogP contribution in [0, 0.1) is 0 Å². The Labute approximate surface area is 144 Å². The highest BCUT2D eigenvalue weighted by Gasteiger charge is 2.28. The zero-order valence-corrected chi connectivity index (χ0v) is 14.2. The van der Waals surface area contributed by atoms with Crippen LogP contribution in [0.5, 0.6) is 0 Å². The molecule has 1 amide bonds. The third-order valence-electron chi connectivity index (χ3n) is 4.46. The Morgan fingerprint density at radius 1 is 1.00 bits per heavy atom. The molecular weight excluding hydrogens is 298 g/mol. The number of aryl methyl sites for hydroxylation is 1. The van der Waals surface area contributed by atoms with Gasteiger partial charge in [0.05, 0.1) is 12.2 Å². The summed E-state index contributed by atoms with van der Waals surface area (Å²) in [6.07, 6.45) is 2.39. The zero-order valence-electron chi connectivity index (χ0n) is 14.2. The molecule has 0 spiro atoms. The highest BCUT2D eigenvalue weighted by Crippen LogP contribution is 2.17. The summed E-state index contributed by atoms with van der Waals surface area (Å²) < 4.78 is 6.04. The molecule has 0 bridgehead atoms. The van der Waals surface area contributed by atoms with Crippen LogP contribution in [0.15, 0.2) is 60.7 Å². The van der Waals surface area contributed by atoms with E-state index < -0.39 is 0 Å². The fourth-order valence-corrected chi connectivity index (χ4v) is 3.29. The molecule has 0 N–H and O–H groups in total. The van der Waals surface area contributed by atoms with E-state index in [1.54, 1.807) is 0 Å². The van der Waals surface area contributed by atoms with Gasteiger partial charge in [0, 0.05) is 25.9 Å². The summed E-state index contributed by atoms with van der Waals surface area (Å²) in [5, 5.41) is 0. The van der Waals surface area contributed by atoms with Crippen LogP contribution in [-0.4, -0.2) is 36.1 Å². The average Bonchev–Trinajstić information content (AvgIpc) is 2.61. The molecule has 24 heavy (non-hydrogen) atoms. The number of hydrogen-bond donors (Lipinski definition) is 0. The monoisotopic (exact) mass is 323 g/mol. The van der Waals surface area contributed by atoms with Crippen molar-refractivity contribution in [3.05, 3.63) is 71.8 Å². The van der Waals surface area contributed by atoms with Crippen LogP contribution in [0.25, 0.3) is 0 Å². The van der Waals surface area contributed by atoms with Gasteiger partial charge in [-0.1, -0.05) is 60.7 Å². The minimum atomic E-state index is 0.0804. The summed E-state index contributed by atoms with van der Waals surface area (Å²) in [5.41, 5.74) is 2.47. The molecule has 0 saturated carbocycles. The third kappa shape index (κ3) is 4.68. The van der Waals surface area contributed by atoms with Crippen LogP contribution in [0.2, 0.25) is 0 Å². The van der Waals surface area contributed by atoms with Gasteiger partial charge in [-0.3, -0.25) is 4.79 Å². The van der Waals surface area contributed by atoms with Gasteiger partial charge in [-0.15, -0.1) is 0 Å². The van der Waals surface area contributed by atoms with Gasteiger partial charge in [0.15, 0.2) is 0 Å².